The van der Waals surface area contributed by atoms with Gasteiger partial charge < -0.3 is 4.74 Å². The number of anilines is 1. The lowest BCUT2D eigenvalue weighted by Crippen LogP contribution is -2.30. The van der Waals surface area contributed by atoms with Crippen molar-refractivity contribution in [3.63, 3.8) is 0 Å². The molecular weight excluding hydrogens is 346 g/mol. The molecule has 0 fully saturated rings. The lowest BCUT2D eigenvalue weighted by molar-refractivity contribution is -0.122. The van der Waals surface area contributed by atoms with Gasteiger partial charge in [-0.25, -0.2) is 0 Å². The summed E-state index contributed by atoms with van der Waals surface area (Å²) in [7, 11) is 0. The Morgan fingerprint density at radius 3 is 2.67 bits per heavy atom. The predicted octanol–water partition coefficient (Wildman–Crippen LogP) is 4.81. The summed E-state index contributed by atoms with van der Waals surface area (Å²) in [5.41, 5.74) is 0.883. The summed E-state index contributed by atoms with van der Waals surface area (Å²) >= 11 is 7.35. The molecule has 130 valence electrons. The van der Waals surface area contributed by atoms with Crippen LogP contribution >= 0.6 is 22.9 Å². The van der Waals surface area contributed by atoms with Crippen LogP contribution in [0.1, 0.15) is 50.1 Å². The van der Waals surface area contributed by atoms with Gasteiger partial charge in [0, 0.05) is 10.9 Å². The maximum absolute atomic E-state index is 12.3. The number of benzene rings is 1. The number of hydrogen-bond acceptors (Lipinski definition) is 5. The number of carbonyl (C=O) groups is 1. The van der Waals surface area contributed by atoms with Crippen LogP contribution in [0.15, 0.2) is 18.2 Å². The number of carbonyl (C=O) groups excluding carboxylic acids is 1. The Bertz CT molecular complexity index is 701. The Hall–Kier alpha value is -1.66. The summed E-state index contributed by atoms with van der Waals surface area (Å²) < 4.78 is 5.72. The summed E-state index contributed by atoms with van der Waals surface area (Å²) in [4.78, 5) is 12.3. The van der Waals surface area contributed by atoms with Crippen molar-refractivity contribution < 1.29 is 9.53 Å². The minimum absolute atomic E-state index is 0.253. The molecule has 1 unspecified atom stereocenters. The number of aryl methyl sites for hydroxylation is 1. The van der Waals surface area contributed by atoms with Gasteiger partial charge in [-0.1, -0.05) is 36.8 Å². The van der Waals surface area contributed by atoms with Gasteiger partial charge in [-0.2, -0.15) is 0 Å². The molecule has 2 aromatic rings. The first-order chi connectivity index (χ1) is 11.4. The monoisotopic (exact) mass is 367 g/mol. The molecule has 0 spiro atoms. The van der Waals surface area contributed by atoms with E-state index in [1.165, 1.54) is 11.3 Å². The zero-order chi connectivity index (χ0) is 17.7. The van der Waals surface area contributed by atoms with E-state index < -0.39 is 6.10 Å². The van der Waals surface area contributed by atoms with Crippen LogP contribution in [0.4, 0.5) is 5.13 Å². The van der Waals surface area contributed by atoms with E-state index in [-0.39, 0.29) is 5.91 Å². The SMILES string of the molecule is CCC(CC)c1nnc(NC(=O)C(C)Oc2ccc(Cl)cc2C)s1. The molecule has 0 bridgehead atoms. The number of nitrogens with zero attached hydrogens (tertiary/aromatic N) is 2. The number of nitrogens with one attached hydrogen (secondary N) is 1. The molecule has 0 saturated carbocycles. The fourth-order valence-corrected chi connectivity index (χ4v) is 3.52. The highest BCUT2D eigenvalue weighted by atomic mass is 35.5. The summed E-state index contributed by atoms with van der Waals surface area (Å²) in [5, 5.41) is 13.1. The number of aromatic nitrogens is 2. The van der Waals surface area contributed by atoms with Crippen molar-refractivity contribution in [3.8, 4) is 5.75 Å². The van der Waals surface area contributed by atoms with Gasteiger partial charge in [-0.15, -0.1) is 10.2 Å². The first-order valence-corrected chi connectivity index (χ1v) is 9.21. The molecule has 0 radical (unpaired) electrons. The maximum atomic E-state index is 12.3. The molecule has 0 aliphatic heterocycles. The van der Waals surface area contributed by atoms with Crippen LogP contribution < -0.4 is 10.1 Å². The topological polar surface area (TPSA) is 64.1 Å². The first kappa shape index (κ1) is 18.7. The van der Waals surface area contributed by atoms with E-state index in [0.29, 0.717) is 21.8 Å². The molecule has 2 rings (SSSR count). The van der Waals surface area contributed by atoms with Crippen LogP contribution in [0.2, 0.25) is 5.02 Å². The van der Waals surface area contributed by atoms with Crippen molar-refractivity contribution >= 4 is 34.0 Å². The lowest BCUT2D eigenvalue weighted by Gasteiger charge is -2.15. The molecule has 7 heteroatoms. The van der Waals surface area contributed by atoms with Crippen LogP contribution in [0.5, 0.6) is 5.75 Å². The molecular formula is C17H22ClN3O2S. The summed E-state index contributed by atoms with van der Waals surface area (Å²) in [6, 6.07) is 5.30. The van der Waals surface area contributed by atoms with Gasteiger partial charge >= 0.3 is 0 Å². The van der Waals surface area contributed by atoms with Crippen LogP contribution in [0.25, 0.3) is 0 Å². The third-order valence-corrected chi connectivity index (χ3v) is 5.05. The van der Waals surface area contributed by atoms with Gasteiger partial charge in [0.2, 0.25) is 5.13 Å². The van der Waals surface area contributed by atoms with Crippen LogP contribution in [0, 0.1) is 6.92 Å². The Morgan fingerprint density at radius 1 is 1.33 bits per heavy atom. The second-order valence-corrected chi connectivity index (χ2v) is 7.06. The average molecular weight is 368 g/mol. The van der Waals surface area contributed by atoms with Gasteiger partial charge in [0.25, 0.3) is 5.91 Å². The quantitative estimate of drug-likeness (QED) is 0.762. The molecule has 0 aliphatic rings. The largest absolute Gasteiger partial charge is 0.481 e. The van der Waals surface area contributed by atoms with Crippen LogP contribution in [0.3, 0.4) is 0 Å². The Kier molecular flexibility index (Phi) is 6.57. The summed E-state index contributed by atoms with van der Waals surface area (Å²) in [6.45, 7) is 7.83. The fraction of sp³-hybridized carbons (Fsp3) is 0.471. The minimum atomic E-state index is -0.648. The van der Waals surface area contributed by atoms with Gasteiger partial charge in [0.05, 0.1) is 0 Å². The zero-order valence-electron chi connectivity index (χ0n) is 14.3. The van der Waals surface area contributed by atoms with E-state index >= 15 is 0 Å². The van der Waals surface area contributed by atoms with Crippen LogP contribution in [-0.4, -0.2) is 22.2 Å². The maximum Gasteiger partial charge on any atom is 0.266 e. The van der Waals surface area contributed by atoms with E-state index in [2.05, 4.69) is 29.4 Å². The number of hydrogen-bond donors (Lipinski definition) is 1. The Balaban J connectivity index is 1.99. The fourth-order valence-electron chi connectivity index (χ4n) is 2.28. The van der Waals surface area contributed by atoms with Crippen LogP contribution in [-0.2, 0) is 4.79 Å². The van der Waals surface area contributed by atoms with E-state index in [0.717, 1.165) is 23.4 Å². The highest BCUT2D eigenvalue weighted by Crippen LogP contribution is 2.28. The highest BCUT2D eigenvalue weighted by Gasteiger charge is 2.19. The Labute approximate surface area is 151 Å². The number of ether oxygens (including phenoxy) is 1. The van der Waals surface area contributed by atoms with Gasteiger partial charge in [-0.05, 0) is 50.5 Å². The normalized spacial score (nSPS) is 12.2. The van der Waals surface area contributed by atoms with Gasteiger partial charge in [0.15, 0.2) is 6.10 Å². The lowest BCUT2D eigenvalue weighted by atomic mass is 10.1. The Morgan fingerprint density at radius 2 is 2.04 bits per heavy atom. The molecule has 0 aliphatic carbocycles. The van der Waals surface area contributed by atoms with Crippen molar-refractivity contribution in [2.75, 3.05) is 5.32 Å². The van der Waals surface area contributed by atoms with Gasteiger partial charge in [0.1, 0.15) is 10.8 Å². The molecule has 1 atom stereocenters. The molecule has 5 nitrogen and oxygen atoms in total. The highest BCUT2D eigenvalue weighted by molar-refractivity contribution is 7.15. The van der Waals surface area contributed by atoms with Crippen molar-refractivity contribution in [3.05, 3.63) is 33.8 Å². The summed E-state index contributed by atoms with van der Waals surface area (Å²) in [5.74, 6) is 0.771. The zero-order valence-corrected chi connectivity index (χ0v) is 15.9. The molecule has 1 heterocycles. The second-order valence-electron chi connectivity index (χ2n) is 5.62. The summed E-state index contributed by atoms with van der Waals surface area (Å²) in [6.07, 6.45) is 1.37. The number of rotatable bonds is 7. The molecule has 24 heavy (non-hydrogen) atoms. The molecule has 1 N–H and O–H groups in total. The second kappa shape index (κ2) is 8.44. The number of halogens is 1. The van der Waals surface area contributed by atoms with Crippen molar-refractivity contribution in [1.29, 1.82) is 0 Å². The van der Waals surface area contributed by atoms with E-state index in [4.69, 9.17) is 16.3 Å². The van der Waals surface area contributed by atoms with E-state index in [9.17, 15) is 4.79 Å². The van der Waals surface area contributed by atoms with Crippen molar-refractivity contribution in [1.82, 2.24) is 10.2 Å². The van der Waals surface area contributed by atoms with Crippen molar-refractivity contribution in [2.24, 2.45) is 0 Å². The molecule has 1 aromatic carbocycles. The van der Waals surface area contributed by atoms with E-state index in [1.807, 2.05) is 6.92 Å². The third-order valence-electron chi connectivity index (χ3n) is 3.82. The first-order valence-electron chi connectivity index (χ1n) is 8.01. The molecule has 0 saturated heterocycles. The standard InChI is InChI=1S/C17H22ClN3O2S/c1-5-12(6-2)16-20-21-17(24-16)19-15(22)11(4)23-14-8-7-13(18)9-10(14)3/h7-9,11-12H,5-6H2,1-4H3,(H,19,21,22). The molecule has 1 aromatic heterocycles. The number of amides is 1. The van der Waals surface area contributed by atoms with Gasteiger partial charge in [-0.3, -0.25) is 10.1 Å². The molecule has 1 amide bonds. The predicted molar refractivity (Wildman–Crippen MR) is 98.1 cm³/mol. The smallest absolute Gasteiger partial charge is 0.266 e. The van der Waals surface area contributed by atoms with E-state index in [1.54, 1.807) is 25.1 Å². The third kappa shape index (κ3) is 4.68. The minimum Gasteiger partial charge on any atom is -0.481 e. The van der Waals surface area contributed by atoms with Crippen molar-refractivity contribution in [2.45, 2.75) is 52.6 Å². The average Bonchev–Trinajstić information content (AvgIpc) is 2.99.